The fourth-order valence-corrected chi connectivity index (χ4v) is 5.74. The number of aryl methyl sites for hydroxylation is 2. The van der Waals surface area contributed by atoms with Crippen LogP contribution in [0.5, 0.6) is 0 Å². The van der Waals surface area contributed by atoms with Crippen LogP contribution in [0.25, 0.3) is 16.9 Å². The average Bonchev–Trinajstić information content (AvgIpc) is 3.58. The third-order valence-electron chi connectivity index (χ3n) is 6.71. The Balaban J connectivity index is 1.27. The van der Waals surface area contributed by atoms with Crippen LogP contribution in [-0.2, 0) is 13.6 Å². The lowest BCUT2D eigenvalue weighted by molar-refractivity contribution is 0.622. The number of aromatic amines is 1. The molecule has 1 N–H and O–H groups in total. The summed E-state index contributed by atoms with van der Waals surface area (Å²) in [6.07, 6.45) is 0. The first-order valence-electron chi connectivity index (χ1n) is 12.4. The molecule has 1 fully saturated rings. The molecule has 1 aliphatic rings. The van der Waals surface area contributed by atoms with E-state index in [-0.39, 0.29) is 0 Å². The van der Waals surface area contributed by atoms with Gasteiger partial charge in [-0.15, -0.1) is 5.10 Å². The van der Waals surface area contributed by atoms with Crippen LogP contribution < -0.4 is 21.0 Å². The molecule has 0 aliphatic carbocycles. The number of para-hydroxylation sites is 1. The van der Waals surface area contributed by atoms with E-state index in [2.05, 4.69) is 30.3 Å². The number of nitrogens with one attached hydrogen (secondary N) is 1. The largest absolute Gasteiger partial charge is 0.368 e. The van der Waals surface area contributed by atoms with Crippen molar-refractivity contribution in [3.63, 3.8) is 0 Å². The van der Waals surface area contributed by atoms with Crippen LogP contribution in [0, 0.1) is 0 Å². The molecule has 1 aliphatic heterocycles. The topological polar surface area (TPSA) is 123 Å². The van der Waals surface area contributed by atoms with E-state index in [1.807, 2.05) is 59.2 Å². The van der Waals surface area contributed by atoms with Crippen LogP contribution in [0.15, 0.2) is 69.3 Å². The van der Waals surface area contributed by atoms with Gasteiger partial charge in [0, 0.05) is 56.2 Å². The van der Waals surface area contributed by atoms with E-state index in [4.69, 9.17) is 16.6 Å². The van der Waals surface area contributed by atoms with E-state index in [1.165, 1.54) is 16.3 Å². The van der Waals surface area contributed by atoms with E-state index in [9.17, 15) is 9.59 Å². The first-order chi connectivity index (χ1) is 19.0. The number of fused-ring (bicyclic) bond motifs is 1. The third kappa shape index (κ3) is 4.90. The van der Waals surface area contributed by atoms with Gasteiger partial charge in [0.25, 0.3) is 5.56 Å². The number of hydrogen-bond acceptors (Lipinski definition) is 9. The quantitative estimate of drug-likeness (QED) is 0.296. The number of aromatic nitrogens is 8. The fraction of sp³-hybridized carbons (Fsp3) is 0.280. The average molecular weight is 565 g/mol. The second kappa shape index (κ2) is 10.6. The zero-order valence-corrected chi connectivity index (χ0v) is 22.6. The molecule has 2 aromatic carbocycles. The Kier molecular flexibility index (Phi) is 6.83. The zero-order valence-electron chi connectivity index (χ0n) is 21.1. The van der Waals surface area contributed by atoms with Crippen molar-refractivity contribution in [2.24, 2.45) is 7.05 Å². The maximum absolute atomic E-state index is 13.0. The van der Waals surface area contributed by atoms with Crippen LogP contribution in [0.3, 0.4) is 0 Å². The van der Waals surface area contributed by atoms with Gasteiger partial charge < -0.3 is 14.4 Å². The van der Waals surface area contributed by atoms with Crippen molar-refractivity contribution >= 4 is 46.2 Å². The van der Waals surface area contributed by atoms with Gasteiger partial charge in [0.15, 0.2) is 11.2 Å². The molecule has 1 saturated heterocycles. The Morgan fingerprint density at radius 3 is 2.49 bits per heavy atom. The lowest BCUT2D eigenvalue weighted by Gasteiger charge is -2.36. The molecular formula is C25H25ClN10O2S. The minimum atomic E-state index is -0.495. The number of imidazole rings is 1. The first kappa shape index (κ1) is 25.2. The van der Waals surface area contributed by atoms with Gasteiger partial charge in [0.05, 0.1) is 5.69 Å². The van der Waals surface area contributed by atoms with Crippen molar-refractivity contribution < 1.29 is 0 Å². The number of thioether (sulfide) groups is 1. The molecule has 14 heteroatoms. The summed E-state index contributed by atoms with van der Waals surface area (Å²) in [6, 6.07) is 17.5. The van der Waals surface area contributed by atoms with E-state index < -0.39 is 11.2 Å². The molecule has 39 heavy (non-hydrogen) atoms. The van der Waals surface area contributed by atoms with Gasteiger partial charge >= 0.3 is 5.69 Å². The number of benzene rings is 2. The molecule has 4 heterocycles. The van der Waals surface area contributed by atoms with Gasteiger partial charge in [-0.3, -0.25) is 14.3 Å². The number of rotatable bonds is 7. The highest BCUT2D eigenvalue weighted by Gasteiger charge is 2.25. The van der Waals surface area contributed by atoms with Crippen molar-refractivity contribution in [3.8, 4) is 5.69 Å². The monoisotopic (exact) mass is 564 g/mol. The van der Waals surface area contributed by atoms with Crippen molar-refractivity contribution in [2.75, 3.05) is 41.7 Å². The highest BCUT2D eigenvalue weighted by molar-refractivity contribution is 7.99. The molecule has 0 radical (unpaired) electrons. The zero-order chi connectivity index (χ0) is 26.9. The van der Waals surface area contributed by atoms with Gasteiger partial charge in [-0.1, -0.05) is 47.6 Å². The van der Waals surface area contributed by atoms with E-state index in [0.29, 0.717) is 52.7 Å². The Morgan fingerprint density at radius 2 is 1.72 bits per heavy atom. The molecular weight excluding hydrogens is 540 g/mol. The van der Waals surface area contributed by atoms with Crippen LogP contribution in [0.1, 0.15) is 0 Å². The van der Waals surface area contributed by atoms with Gasteiger partial charge in [-0.2, -0.15) is 9.67 Å². The highest BCUT2D eigenvalue weighted by atomic mass is 35.5. The van der Waals surface area contributed by atoms with Crippen LogP contribution >= 0.6 is 23.4 Å². The first-order valence-corrected chi connectivity index (χ1v) is 13.8. The predicted molar refractivity (Wildman–Crippen MR) is 151 cm³/mol. The number of H-pyrrole nitrogens is 1. The smallest absolute Gasteiger partial charge is 0.329 e. The SMILES string of the molecule is Cn1c(=O)[nH]c(=O)c2c1nc(N1CCN(c3cccc(Cl)c3)CC1)n2CCSc1nnnn1-c1ccccc1. The number of halogens is 1. The lowest BCUT2D eigenvalue weighted by Crippen LogP contribution is -2.47. The van der Waals surface area contributed by atoms with E-state index in [1.54, 1.807) is 11.7 Å². The van der Waals surface area contributed by atoms with Crippen LogP contribution in [0.2, 0.25) is 5.02 Å². The Hall–Kier alpha value is -4.10. The van der Waals surface area contributed by atoms with Crippen LogP contribution in [0.4, 0.5) is 11.6 Å². The highest BCUT2D eigenvalue weighted by Crippen LogP contribution is 2.26. The third-order valence-corrected chi connectivity index (χ3v) is 7.85. The lowest BCUT2D eigenvalue weighted by atomic mass is 10.2. The van der Waals surface area contributed by atoms with E-state index >= 15 is 0 Å². The Bertz CT molecular complexity index is 1740. The van der Waals surface area contributed by atoms with Gasteiger partial charge in [-0.25, -0.2) is 4.79 Å². The minimum Gasteiger partial charge on any atom is -0.368 e. The minimum absolute atomic E-state index is 0.357. The Morgan fingerprint density at radius 1 is 0.974 bits per heavy atom. The predicted octanol–water partition coefficient (Wildman–Crippen LogP) is 2.17. The number of tetrazole rings is 1. The molecule has 0 atom stereocenters. The summed E-state index contributed by atoms with van der Waals surface area (Å²) in [7, 11) is 1.61. The maximum atomic E-state index is 13.0. The number of hydrogen-bond donors (Lipinski definition) is 1. The van der Waals surface area contributed by atoms with Crippen LogP contribution in [-0.4, -0.2) is 71.2 Å². The van der Waals surface area contributed by atoms with Gasteiger partial charge in [-0.05, 0) is 40.8 Å². The molecule has 0 unspecified atom stereocenters. The van der Waals surface area contributed by atoms with Crippen molar-refractivity contribution in [1.82, 2.24) is 39.3 Å². The molecule has 0 amide bonds. The fourth-order valence-electron chi connectivity index (χ4n) is 4.74. The summed E-state index contributed by atoms with van der Waals surface area (Å²) < 4.78 is 4.96. The summed E-state index contributed by atoms with van der Waals surface area (Å²) in [4.78, 5) is 36.9. The second-order valence-electron chi connectivity index (χ2n) is 9.07. The number of piperazine rings is 1. The summed E-state index contributed by atoms with van der Waals surface area (Å²) in [5, 5.41) is 13.5. The van der Waals surface area contributed by atoms with Gasteiger partial charge in [0.1, 0.15) is 0 Å². The number of anilines is 2. The van der Waals surface area contributed by atoms with E-state index in [0.717, 1.165) is 24.5 Å². The molecule has 0 bridgehead atoms. The molecule has 0 saturated carbocycles. The Labute approximate surface area is 231 Å². The van der Waals surface area contributed by atoms with Crippen molar-refractivity contribution in [1.29, 1.82) is 0 Å². The molecule has 0 spiro atoms. The van der Waals surface area contributed by atoms with Crippen molar-refractivity contribution in [2.45, 2.75) is 11.7 Å². The maximum Gasteiger partial charge on any atom is 0.329 e. The molecule has 12 nitrogen and oxygen atoms in total. The second-order valence-corrected chi connectivity index (χ2v) is 10.6. The molecule has 6 rings (SSSR count). The summed E-state index contributed by atoms with van der Waals surface area (Å²) in [5.74, 6) is 1.24. The van der Waals surface area contributed by atoms with Gasteiger partial charge in [0.2, 0.25) is 11.1 Å². The molecule has 5 aromatic rings. The number of nitrogens with zero attached hydrogens (tertiary/aromatic N) is 9. The van der Waals surface area contributed by atoms with Crippen molar-refractivity contribution in [3.05, 3.63) is 80.5 Å². The summed E-state index contributed by atoms with van der Waals surface area (Å²) >= 11 is 7.68. The molecule has 200 valence electrons. The molecule has 3 aromatic heterocycles. The summed E-state index contributed by atoms with van der Waals surface area (Å²) in [6.45, 7) is 3.38. The normalized spacial score (nSPS) is 13.9. The standard InChI is InChI=1S/C25H25ClN10O2S/c1-32-21-20(22(37)28-24(32)38)35(14-15-39-25-29-30-31-36(25)18-7-3-2-4-8-18)23(27-21)34-12-10-33(11-13-34)19-9-5-6-17(26)16-19/h2-9,16H,10-15H2,1H3,(H,28,37,38). The summed E-state index contributed by atoms with van der Waals surface area (Å²) in [5.41, 5.74) is 1.71.